The molecule has 188 valence electrons. The Morgan fingerprint density at radius 3 is 2.15 bits per heavy atom. The molecule has 34 heavy (non-hydrogen) atoms. The molecule has 0 radical (unpaired) electrons. The normalized spacial score (nSPS) is 11.1. The fourth-order valence-corrected chi connectivity index (χ4v) is 3.56. The lowest BCUT2D eigenvalue weighted by Gasteiger charge is -2.15. The van der Waals surface area contributed by atoms with E-state index in [1.54, 1.807) is 13.2 Å². The predicted molar refractivity (Wildman–Crippen MR) is 131 cm³/mol. The van der Waals surface area contributed by atoms with Crippen LogP contribution in [-0.2, 0) is 30.2 Å². The number of carbonyl (C=O) groups excluding carboxylic acids is 1. The van der Waals surface area contributed by atoms with Gasteiger partial charge in [-0.15, -0.1) is 0 Å². The average Bonchev–Trinajstić information content (AvgIpc) is 2.79. The Hall–Kier alpha value is -2.61. The van der Waals surface area contributed by atoms with Gasteiger partial charge in [0, 0.05) is 7.11 Å². The monoisotopic (exact) mass is 474 g/mol. The maximum atomic E-state index is 12.0. The number of aromatic hydroxyl groups is 1. The van der Waals surface area contributed by atoms with Gasteiger partial charge in [-0.25, -0.2) is 4.79 Å². The second-order valence-corrected chi connectivity index (χ2v) is 8.49. The molecule has 0 bridgehead atoms. The van der Waals surface area contributed by atoms with Gasteiger partial charge >= 0.3 is 5.97 Å². The summed E-state index contributed by atoms with van der Waals surface area (Å²) in [5, 5.41) is 10.1. The van der Waals surface area contributed by atoms with Gasteiger partial charge in [-0.05, 0) is 72.2 Å². The molecule has 0 aliphatic rings. The van der Waals surface area contributed by atoms with Crippen LogP contribution in [0, 0.1) is 13.8 Å². The van der Waals surface area contributed by atoms with E-state index in [1.165, 1.54) is 5.56 Å². The molecule has 0 amide bonds. The maximum absolute atomic E-state index is 12.0. The molecule has 0 spiro atoms. The lowest BCUT2D eigenvalue weighted by atomic mass is 9.93. The zero-order valence-corrected chi connectivity index (χ0v) is 21.0. The Morgan fingerprint density at radius 2 is 1.53 bits per heavy atom. The molecule has 0 atom stereocenters. The average molecular weight is 475 g/mol. The van der Waals surface area contributed by atoms with Crippen LogP contribution >= 0.6 is 0 Å². The van der Waals surface area contributed by atoms with E-state index in [0.717, 1.165) is 28.7 Å². The Kier molecular flexibility index (Phi) is 11.9. The van der Waals surface area contributed by atoms with Crippen LogP contribution in [0.25, 0.3) is 0 Å². The summed E-state index contributed by atoms with van der Waals surface area (Å²) in [7, 11) is 1.62. The molecule has 2 aromatic carbocycles. The second-order valence-electron chi connectivity index (χ2n) is 8.49. The molecule has 2 aromatic rings. The third-order valence-electron chi connectivity index (χ3n) is 5.42. The quantitative estimate of drug-likeness (QED) is 0.304. The molecule has 7 heteroatoms. The number of phenolic OH excluding ortho intramolecular Hbond substituents is 1. The standard InChI is InChI=1S/C27H38O7/c1-19(2)24-16-22(6-7-26(24)28)17-25-20(3)14-23(15-21(25)4)34-18-27(29)33-13-12-32-11-10-31-9-8-30-5/h6-7,14-16,19,28H,8-13,17-18H2,1-5H3. The first-order valence-corrected chi connectivity index (χ1v) is 11.7. The molecule has 0 unspecified atom stereocenters. The summed E-state index contributed by atoms with van der Waals surface area (Å²) in [6.07, 6.45) is 0.761. The second kappa shape index (κ2) is 14.6. The van der Waals surface area contributed by atoms with Crippen molar-refractivity contribution in [3.63, 3.8) is 0 Å². The fraction of sp³-hybridized carbons (Fsp3) is 0.519. The van der Waals surface area contributed by atoms with Gasteiger partial charge in [-0.1, -0.05) is 26.0 Å². The number of hydrogen-bond acceptors (Lipinski definition) is 7. The minimum Gasteiger partial charge on any atom is -0.508 e. The fourth-order valence-electron chi connectivity index (χ4n) is 3.56. The van der Waals surface area contributed by atoms with Crippen LogP contribution in [0.4, 0.5) is 0 Å². The van der Waals surface area contributed by atoms with Crippen LogP contribution in [-0.4, -0.2) is 64.4 Å². The van der Waals surface area contributed by atoms with Crippen molar-refractivity contribution in [2.75, 3.05) is 53.4 Å². The van der Waals surface area contributed by atoms with Gasteiger partial charge in [0.05, 0.1) is 33.0 Å². The van der Waals surface area contributed by atoms with Crippen LogP contribution in [0.1, 0.15) is 47.6 Å². The van der Waals surface area contributed by atoms with Crippen LogP contribution in [0.5, 0.6) is 11.5 Å². The van der Waals surface area contributed by atoms with E-state index in [-0.39, 0.29) is 19.1 Å². The topological polar surface area (TPSA) is 83.5 Å². The lowest BCUT2D eigenvalue weighted by molar-refractivity contribution is -0.147. The lowest BCUT2D eigenvalue weighted by Crippen LogP contribution is -2.18. The van der Waals surface area contributed by atoms with Crippen LogP contribution in [0.2, 0.25) is 0 Å². The molecule has 0 aromatic heterocycles. The summed E-state index contributed by atoms with van der Waals surface area (Å²) in [6.45, 7) is 10.5. The number of aryl methyl sites for hydroxylation is 2. The van der Waals surface area contributed by atoms with Crippen LogP contribution in [0.3, 0.4) is 0 Å². The Balaban J connectivity index is 1.78. The summed E-state index contributed by atoms with van der Waals surface area (Å²) in [5.41, 5.74) is 5.48. The van der Waals surface area contributed by atoms with Crippen molar-refractivity contribution >= 4 is 5.97 Å². The molecule has 0 saturated heterocycles. The van der Waals surface area contributed by atoms with Gasteiger partial charge < -0.3 is 28.8 Å². The summed E-state index contributed by atoms with van der Waals surface area (Å²) < 4.78 is 26.3. The Labute approximate surface area is 202 Å². The van der Waals surface area contributed by atoms with Crippen molar-refractivity contribution in [1.29, 1.82) is 0 Å². The number of esters is 1. The van der Waals surface area contributed by atoms with Gasteiger partial charge in [0.15, 0.2) is 6.61 Å². The highest BCUT2D eigenvalue weighted by Crippen LogP contribution is 2.29. The molecular formula is C27H38O7. The molecule has 0 saturated carbocycles. The molecule has 7 nitrogen and oxygen atoms in total. The SMILES string of the molecule is COCCOCCOCCOC(=O)COc1cc(C)c(Cc2ccc(O)c(C(C)C)c2)c(C)c1. The van der Waals surface area contributed by atoms with E-state index in [1.807, 2.05) is 32.0 Å². The first kappa shape index (κ1) is 27.6. The summed E-state index contributed by atoms with van der Waals surface area (Å²) in [4.78, 5) is 12.0. The highest BCUT2D eigenvalue weighted by atomic mass is 16.6. The van der Waals surface area contributed by atoms with Crippen LogP contribution < -0.4 is 4.74 Å². The van der Waals surface area contributed by atoms with Gasteiger partial charge in [-0.2, -0.15) is 0 Å². The zero-order chi connectivity index (χ0) is 24.9. The molecule has 0 aliphatic heterocycles. The van der Waals surface area contributed by atoms with Crippen molar-refractivity contribution in [3.05, 3.63) is 58.1 Å². The number of phenols is 1. The number of rotatable bonds is 15. The van der Waals surface area contributed by atoms with E-state index >= 15 is 0 Å². The third kappa shape index (κ3) is 9.33. The van der Waals surface area contributed by atoms with E-state index in [0.29, 0.717) is 44.5 Å². The molecular weight excluding hydrogens is 436 g/mol. The minimum absolute atomic E-state index is 0.159. The molecule has 0 aliphatic carbocycles. The first-order valence-electron chi connectivity index (χ1n) is 11.7. The number of carbonyl (C=O) groups is 1. The smallest absolute Gasteiger partial charge is 0.344 e. The minimum atomic E-state index is -0.440. The first-order chi connectivity index (χ1) is 16.3. The maximum Gasteiger partial charge on any atom is 0.344 e. The highest BCUT2D eigenvalue weighted by Gasteiger charge is 2.12. The van der Waals surface area contributed by atoms with E-state index in [4.69, 9.17) is 23.7 Å². The van der Waals surface area contributed by atoms with Gasteiger partial charge in [-0.3, -0.25) is 0 Å². The third-order valence-corrected chi connectivity index (χ3v) is 5.42. The number of methoxy groups -OCH3 is 1. The zero-order valence-electron chi connectivity index (χ0n) is 21.0. The van der Waals surface area contributed by atoms with Gasteiger partial charge in [0.1, 0.15) is 18.1 Å². The van der Waals surface area contributed by atoms with Crippen molar-refractivity contribution < 1.29 is 33.6 Å². The van der Waals surface area contributed by atoms with E-state index in [2.05, 4.69) is 19.9 Å². The van der Waals surface area contributed by atoms with Crippen molar-refractivity contribution in [2.45, 2.75) is 40.0 Å². The van der Waals surface area contributed by atoms with Crippen molar-refractivity contribution in [3.8, 4) is 11.5 Å². The molecule has 0 heterocycles. The van der Waals surface area contributed by atoms with Crippen molar-refractivity contribution in [1.82, 2.24) is 0 Å². The highest BCUT2D eigenvalue weighted by molar-refractivity contribution is 5.71. The van der Waals surface area contributed by atoms with Crippen molar-refractivity contribution in [2.24, 2.45) is 0 Å². The number of benzene rings is 2. The number of hydrogen-bond donors (Lipinski definition) is 1. The molecule has 2 rings (SSSR count). The summed E-state index contributed by atoms with van der Waals surface area (Å²) >= 11 is 0. The van der Waals surface area contributed by atoms with Crippen LogP contribution in [0.15, 0.2) is 30.3 Å². The predicted octanol–water partition coefficient (Wildman–Crippen LogP) is 4.32. The molecule has 0 fully saturated rings. The molecule has 1 N–H and O–H groups in total. The summed E-state index contributed by atoms with van der Waals surface area (Å²) in [6, 6.07) is 9.66. The van der Waals surface area contributed by atoms with Gasteiger partial charge in [0.2, 0.25) is 0 Å². The summed E-state index contributed by atoms with van der Waals surface area (Å²) in [5.74, 6) is 0.782. The number of ether oxygens (including phenoxy) is 5. The van der Waals surface area contributed by atoms with E-state index < -0.39 is 5.97 Å². The largest absolute Gasteiger partial charge is 0.508 e. The Morgan fingerprint density at radius 1 is 0.912 bits per heavy atom. The van der Waals surface area contributed by atoms with Gasteiger partial charge in [0.25, 0.3) is 0 Å². The van der Waals surface area contributed by atoms with E-state index in [9.17, 15) is 9.90 Å². The Bertz CT molecular complexity index is 885.